The Morgan fingerprint density at radius 1 is 0.781 bits per heavy atom. The summed E-state index contributed by atoms with van der Waals surface area (Å²) < 4.78 is 27.2. The van der Waals surface area contributed by atoms with Crippen molar-refractivity contribution >= 4 is 10.8 Å². The Bertz CT molecular complexity index is 1290. The number of halogens is 2. The predicted octanol–water partition coefficient (Wildman–Crippen LogP) is 6.82. The molecule has 4 rings (SSSR count). The summed E-state index contributed by atoms with van der Waals surface area (Å²) in [6, 6.07) is 20.2. The summed E-state index contributed by atoms with van der Waals surface area (Å²) in [6.07, 6.45) is 7.63. The van der Waals surface area contributed by atoms with Gasteiger partial charge in [-0.1, -0.05) is 48.2 Å². The predicted molar refractivity (Wildman–Crippen MR) is 126 cm³/mol. The molecule has 0 radical (unpaired) electrons. The number of aromatic nitrogens is 1. The van der Waals surface area contributed by atoms with E-state index in [1.165, 1.54) is 11.1 Å². The second-order valence-electron chi connectivity index (χ2n) is 7.73. The molecular weight excluding hydrogens is 400 g/mol. The van der Waals surface area contributed by atoms with E-state index < -0.39 is 11.6 Å². The van der Waals surface area contributed by atoms with Crippen LogP contribution in [0.1, 0.15) is 34.4 Å². The Hall–Kier alpha value is -3.77. The first-order valence-electron chi connectivity index (χ1n) is 10.7. The van der Waals surface area contributed by atoms with Crippen molar-refractivity contribution in [2.24, 2.45) is 0 Å². The van der Waals surface area contributed by atoms with Crippen molar-refractivity contribution in [3.63, 3.8) is 0 Å². The highest BCUT2D eigenvalue weighted by molar-refractivity contribution is 5.84. The van der Waals surface area contributed by atoms with Gasteiger partial charge in [-0.2, -0.15) is 0 Å². The molecule has 4 aromatic rings. The van der Waals surface area contributed by atoms with Crippen molar-refractivity contribution in [1.82, 2.24) is 4.98 Å². The van der Waals surface area contributed by atoms with Gasteiger partial charge in [-0.15, -0.1) is 6.58 Å². The maximum absolute atomic E-state index is 13.8. The summed E-state index contributed by atoms with van der Waals surface area (Å²) in [5, 5.41) is 0.897. The number of fused-ring (bicyclic) bond motifs is 1. The largest absolute Gasteiger partial charge is 0.261 e. The van der Waals surface area contributed by atoms with E-state index in [1.807, 2.05) is 24.4 Å². The number of hydrogen-bond acceptors (Lipinski definition) is 1. The van der Waals surface area contributed by atoms with Gasteiger partial charge in [0, 0.05) is 28.4 Å². The lowest BCUT2D eigenvalue weighted by atomic mass is 10.0. The van der Waals surface area contributed by atoms with Gasteiger partial charge in [-0.25, -0.2) is 8.78 Å². The van der Waals surface area contributed by atoms with Crippen LogP contribution in [0.2, 0.25) is 0 Å². The first kappa shape index (κ1) is 21.5. The molecule has 1 aromatic heterocycles. The number of hydrogen-bond donors (Lipinski definition) is 0. The molecule has 0 saturated heterocycles. The Balaban J connectivity index is 1.38. The maximum atomic E-state index is 13.8. The zero-order valence-electron chi connectivity index (χ0n) is 17.7. The molecule has 0 spiro atoms. The second-order valence-corrected chi connectivity index (χ2v) is 7.73. The van der Waals surface area contributed by atoms with E-state index >= 15 is 0 Å². The van der Waals surface area contributed by atoms with Crippen molar-refractivity contribution in [2.45, 2.75) is 25.7 Å². The van der Waals surface area contributed by atoms with Gasteiger partial charge in [0.05, 0.1) is 0 Å². The monoisotopic (exact) mass is 423 g/mol. The summed E-state index contributed by atoms with van der Waals surface area (Å²) >= 11 is 0. The van der Waals surface area contributed by atoms with Gasteiger partial charge in [0.25, 0.3) is 0 Å². The molecule has 0 saturated carbocycles. The molecule has 0 bridgehead atoms. The average Bonchev–Trinajstić information content (AvgIpc) is 2.84. The van der Waals surface area contributed by atoms with Crippen molar-refractivity contribution in [1.29, 1.82) is 0 Å². The molecule has 0 aliphatic rings. The molecule has 158 valence electrons. The summed E-state index contributed by atoms with van der Waals surface area (Å²) in [7, 11) is 0. The lowest BCUT2D eigenvalue weighted by Crippen LogP contribution is -1.96. The molecule has 3 aromatic carbocycles. The molecule has 0 aliphatic carbocycles. The molecule has 1 nitrogen and oxygen atoms in total. The van der Waals surface area contributed by atoms with E-state index in [9.17, 15) is 8.78 Å². The summed E-state index contributed by atoms with van der Waals surface area (Å²) in [4.78, 5) is 4.56. The molecule has 1 heterocycles. The van der Waals surface area contributed by atoms with E-state index in [0.717, 1.165) is 48.6 Å². The van der Waals surface area contributed by atoms with Crippen molar-refractivity contribution in [3.8, 4) is 11.8 Å². The molecular formula is C29H23F2N. The normalized spacial score (nSPS) is 10.6. The van der Waals surface area contributed by atoms with Crippen LogP contribution < -0.4 is 0 Å². The zero-order valence-corrected chi connectivity index (χ0v) is 17.7. The van der Waals surface area contributed by atoms with Gasteiger partial charge < -0.3 is 0 Å². The second kappa shape index (κ2) is 10.0. The minimum absolute atomic E-state index is 0.265. The standard InChI is InChI=1S/C29H23F2N/c1-2-3-4-24-12-16-26(32-20-24)15-11-22-7-5-21(6-8-22)9-10-23-13-17-27-25(19-23)14-18-28(30)29(27)31/h2,5-8,12-14,16-20H,1,3-4,11,15H2. The van der Waals surface area contributed by atoms with Crippen molar-refractivity contribution in [3.05, 3.63) is 125 Å². The summed E-state index contributed by atoms with van der Waals surface area (Å²) in [5.41, 5.74) is 5.22. The van der Waals surface area contributed by atoms with Crippen LogP contribution in [0.25, 0.3) is 10.8 Å². The van der Waals surface area contributed by atoms with Crippen LogP contribution >= 0.6 is 0 Å². The summed E-state index contributed by atoms with van der Waals surface area (Å²) in [6.45, 7) is 3.75. The van der Waals surface area contributed by atoms with E-state index in [1.54, 1.807) is 24.3 Å². The number of aryl methyl sites for hydroxylation is 3. The van der Waals surface area contributed by atoms with Crippen LogP contribution in [0.3, 0.4) is 0 Å². The average molecular weight is 424 g/mol. The molecule has 32 heavy (non-hydrogen) atoms. The van der Waals surface area contributed by atoms with Gasteiger partial charge in [0.2, 0.25) is 0 Å². The third-order valence-electron chi connectivity index (χ3n) is 5.40. The molecule has 0 amide bonds. The number of rotatable bonds is 6. The molecule has 0 fully saturated rings. The van der Waals surface area contributed by atoms with Crippen LogP contribution in [0.5, 0.6) is 0 Å². The van der Waals surface area contributed by atoms with E-state index in [4.69, 9.17) is 0 Å². The van der Waals surface area contributed by atoms with E-state index in [2.05, 4.69) is 47.7 Å². The fourth-order valence-corrected chi connectivity index (χ4v) is 3.53. The smallest absolute Gasteiger partial charge is 0.166 e. The Morgan fingerprint density at radius 2 is 1.53 bits per heavy atom. The Kier molecular flexibility index (Phi) is 6.72. The lowest BCUT2D eigenvalue weighted by Gasteiger charge is -2.04. The van der Waals surface area contributed by atoms with Gasteiger partial charge in [-0.05, 0) is 78.6 Å². The minimum Gasteiger partial charge on any atom is -0.261 e. The van der Waals surface area contributed by atoms with Crippen molar-refractivity contribution < 1.29 is 8.78 Å². The highest BCUT2D eigenvalue weighted by Gasteiger charge is 2.06. The van der Waals surface area contributed by atoms with Gasteiger partial charge in [0.15, 0.2) is 11.6 Å². The van der Waals surface area contributed by atoms with Crippen LogP contribution in [0.15, 0.2) is 85.6 Å². The van der Waals surface area contributed by atoms with Crippen LogP contribution in [0.4, 0.5) is 8.78 Å². The fraction of sp³-hybridized carbons (Fsp3) is 0.138. The molecule has 0 atom stereocenters. The van der Waals surface area contributed by atoms with Gasteiger partial charge >= 0.3 is 0 Å². The van der Waals surface area contributed by atoms with Crippen LogP contribution in [-0.2, 0) is 19.3 Å². The molecule has 3 heteroatoms. The van der Waals surface area contributed by atoms with E-state index in [0.29, 0.717) is 5.39 Å². The number of benzene rings is 3. The SMILES string of the molecule is C=CCCc1ccc(CCc2ccc(C#Cc3ccc4c(F)c(F)ccc4c3)cc2)nc1. The third kappa shape index (κ3) is 5.28. The van der Waals surface area contributed by atoms with Gasteiger partial charge in [-0.3, -0.25) is 4.98 Å². The van der Waals surface area contributed by atoms with Crippen molar-refractivity contribution in [2.75, 3.05) is 0 Å². The molecule has 0 N–H and O–H groups in total. The highest BCUT2D eigenvalue weighted by atomic mass is 19.2. The first-order chi connectivity index (χ1) is 15.6. The lowest BCUT2D eigenvalue weighted by molar-refractivity contribution is 0.517. The van der Waals surface area contributed by atoms with E-state index in [-0.39, 0.29) is 5.39 Å². The van der Waals surface area contributed by atoms with Crippen LogP contribution in [0, 0.1) is 23.5 Å². The van der Waals surface area contributed by atoms with Crippen LogP contribution in [-0.4, -0.2) is 4.98 Å². The summed E-state index contributed by atoms with van der Waals surface area (Å²) in [5.74, 6) is 4.58. The first-order valence-corrected chi connectivity index (χ1v) is 10.7. The highest BCUT2D eigenvalue weighted by Crippen LogP contribution is 2.21. The molecule has 0 unspecified atom stereocenters. The van der Waals surface area contributed by atoms with Gasteiger partial charge in [0.1, 0.15) is 0 Å². The molecule has 0 aliphatic heterocycles. The number of pyridine rings is 1. The fourth-order valence-electron chi connectivity index (χ4n) is 3.53. The zero-order chi connectivity index (χ0) is 22.3. The Labute approximate surface area is 187 Å². The minimum atomic E-state index is -0.840. The Morgan fingerprint density at radius 3 is 2.28 bits per heavy atom. The maximum Gasteiger partial charge on any atom is 0.166 e. The number of nitrogens with zero attached hydrogens (tertiary/aromatic N) is 1. The number of allylic oxidation sites excluding steroid dienone is 1. The quantitative estimate of drug-likeness (QED) is 0.245. The third-order valence-corrected chi connectivity index (χ3v) is 5.40. The topological polar surface area (TPSA) is 12.9 Å².